The van der Waals surface area contributed by atoms with Gasteiger partial charge in [0.05, 0.1) is 0 Å². The van der Waals surface area contributed by atoms with Gasteiger partial charge in [0.2, 0.25) is 0 Å². The summed E-state index contributed by atoms with van der Waals surface area (Å²) in [6.07, 6.45) is 0. The third-order valence-corrected chi connectivity index (χ3v) is 0. The van der Waals surface area contributed by atoms with Crippen LogP contribution in [0.1, 0.15) is 0 Å². The Kier molecular flexibility index (Phi) is 216. The van der Waals surface area contributed by atoms with Crippen LogP contribution in [0, 0.1) is 0 Å². The van der Waals surface area contributed by atoms with Crippen molar-refractivity contribution >= 4 is 50.5 Å². The van der Waals surface area contributed by atoms with E-state index in [1.807, 2.05) is 0 Å². The quantitative estimate of drug-likeness (QED) is 0.305. The summed E-state index contributed by atoms with van der Waals surface area (Å²) in [5, 5.41) is 0. The maximum absolute atomic E-state index is 2.45. The number of hydrogen-bond donors (Lipinski definition) is 0. The van der Waals surface area contributed by atoms with E-state index >= 15 is 0 Å². The zero-order valence-corrected chi connectivity index (χ0v) is 10.4. The van der Waals surface area contributed by atoms with Crippen molar-refractivity contribution in [2.24, 2.45) is 0 Å². The third kappa shape index (κ3) is 68.4. The molecule has 0 unspecified atom stereocenters. The standard InChI is InChI=1S/2HI.4H2O.Sn/h2*1H;4*1H2;/q;;;;;;+2/p-2. The topological polar surface area (TPSA) is 126 Å². The van der Waals surface area contributed by atoms with Gasteiger partial charge in [-0.1, -0.05) is 0 Å². The molecule has 0 spiro atoms. The normalized spacial score (nSPS) is 2.57. The summed E-state index contributed by atoms with van der Waals surface area (Å²) in [6.45, 7) is 0. The molecule has 0 fully saturated rings. The van der Waals surface area contributed by atoms with Crippen molar-refractivity contribution in [1.29, 1.82) is 0 Å². The first-order valence-corrected chi connectivity index (χ1v) is 17.0. The van der Waals surface area contributed by atoms with Gasteiger partial charge in [-0.25, -0.2) is 0 Å². The molecule has 0 saturated heterocycles. The van der Waals surface area contributed by atoms with E-state index in [4.69, 9.17) is 0 Å². The molecule has 0 atom stereocenters. The Morgan fingerprint density at radius 2 is 0.714 bits per heavy atom. The Morgan fingerprint density at radius 3 is 0.714 bits per heavy atom. The summed E-state index contributed by atoms with van der Waals surface area (Å²) in [6, 6.07) is 0. The van der Waals surface area contributed by atoms with Crippen LogP contribution in [-0.4, -0.2) is 35.1 Å². The van der Waals surface area contributed by atoms with Gasteiger partial charge in [0.1, 0.15) is 0 Å². The van der Waals surface area contributed by atoms with Crippen molar-refractivity contribution in [2.45, 2.75) is 0 Å². The average molecular weight is 445 g/mol. The van der Waals surface area contributed by atoms with Gasteiger partial charge in [-0.15, -0.1) is 0 Å². The first-order chi connectivity index (χ1) is 1.41. The maximum atomic E-state index is 2.45. The second-order valence-electron chi connectivity index (χ2n) is 0.0714. The van der Waals surface area contributed by atoms with Gasteiger partial charge in [-0.3, -0.25) is 0 Å². The molecular formula is H8I2O4Sn. The number of rotatable bonds is 0. The molecule has 0 aromatic rings. The van der Waals surface area contributed by atoms with Crippen LogP contribution in [0.5, 0.6) is 0 Å². The van der Waals surface area contributed by atoms with E-state index in [0.717, 1.165) is 0 Å². The summed E-state index contributed by atoms with van der Waals surface area (Å²) in [7, 11) is 0. The van der Waals surface area contributed by atoms with Crippen LogP contribution in [0.3, 0.4) is 0 Å². The number of hydrogen-bond acceptors (Lipinski definition) is 0. The van der Waals surface area contributed by atoms with Gasteiger partial charge >= 0.3 is 50.5 Å². The van der Waals surface area contributed by atoms with Crippen LogP contribution < -0.4 is 0 Å². The summed E-state index contributed by atoms with van der Waals surface area (Å²) in [5.74, 6) is 0. The zero-order valence-electron chi connectivity index (χ0n) is 3.26. The Balaban J connectivity index is -0.00000000333. The zero-order chi connectivity index (χ0) is 2.71. The Hall–Kier alpha value is 2.10. The molecule has 50 valence electrons. The van der Waals surface area contributed by atoms with Crippen molar-refractivity contribution in [2.75, 3.05) is 0 Å². The van der Waals surface area contributed by atoms with E-state index in [9.17, 15) is 0 Å². The molecule has 8 N–H and O–H groups in total. The molecule has 0 aliphatic heterocycles. The monoisotopic (exact) mass is 446 g/mol. The molecule has 0 aromatic heterocycles. The molecule has 0 rings (SSSR count). The summed E-state index contributed by atoms with van der Waals surface area (Å²) in [4.78, 5) is 0. The molecule has 0 heterocycles. The minimum absolute atomic E-state index is 0. The third-order valence-electron chi connectivity index (χ3n) is 0. The van der Waals surface area contributed by atoms with Crippen LogP contribution in [0.15, 0.2) is 0 Å². The molecule has 7 heavy (non-hydrogen) atoms. The predicted molar refractivity (Wildman–Crippen MR) is 48.2 cm³/mol. The van der Waals surface area contributed by atoms with E-state index in [1.165, 1.54) is 0 Å². The van der Waals surface area contributed by atoms with E-state index in [1.54, 1.807) is 0 Å². The van der Waals surface area contributed by atoms with Crippen LogP contribution in [0.25, 0.3) is 0 Å². The molecule has 0 aliphatic carbocycles. The average Bonchev–Trinajstić information content (AvgIpc) is 0.918. The van der Waals surface area contributed by atoms with Crippen molar-refractivity contribution in [3.8, 4) is 0 Å². The fraction of sp³-hybridized carbons (Fsp3) is 0. The molecule has 7 heteroatoms. The fourth-order valence-electron chi connectivity index (χ4n) is 0. The molecule has 0 aromatic carbocycles. The first kappa shape index (κ1) is 35.5. The predicted octanol–water partition coefficient (Wildman–Crippen LogP) is -1.91. The van der Waals surface area contributed by atoms with Gasteiger partial charge in [0.15, 0.2) is 0 Å². The molecular weight excluding hydrogens is 437 g/mol. The van der Waals surface area contributed by atoms with E-state index in [2.05, 4.69) is 37.3 Å². The van der Waals surface area contributed by atoms with E-state index < -0.39 is 0 Å². The SMILES string of the molecule is O.O.O.O.[I][Sn][I]. The molecule has 0 aliphatic rings. The van der Waals surface area contributed by atoms with Crippen molar-refractivity contribution in [3.63, 3.8) is 0 Å². The summed E-state index contributed by atoms with van der Waals surface area (Å²) >= 11 is 5.06. The second-order valence-corrected chi connectivity index (χ2v) is 21.6. The van der Waals surface area contributed by atoms with Crippen molar-refractivity contribution in [3.05, 3.63) is 0 Å². The van der Waals surface area contributed by atoms with Crippen LogP contribution in [-0.2, 0) is 0 Å². The molecule has 0 bridgehead atoms. The first-order valence-electron chi connectivity index (χ1n) is 0.378. The molecule has 2 radical (unpaired) electrons. The Bertz CT molecular complexity index is 9.65. The second kappa shape index (κ2) is 42.5. The minimum atomic E-state index is 0. The van der Waals surface area contributed by atoms with Gasteiger partial charge in [-0.05, 0) is 0 Å². The van der Waals surface area contributed by atoms with Crippen LogP contribution >= 0.6 is 37.3 Å². The van der Waals surface area contributed by atoms with Gasteiger partial charge in [-0.2, -0.15) is 0 Å². The summed E-state index contributed by atoms with van der Waals surface area (Å²) in [5.41, 5.74) is 0. The van der Waals surface area contributed by atoms with Crippen LogP contribution in [0.2, 0.25) is 0 Å². The molecule has 0 amide bonds. The molecule has 0 saturated carbocycles. The van der Waals surface area contributed by atoms with E-state index in [-0.39, 0.29) is 35.1 Å². The van der Waals surface area contributed by atoms with Gasteiger partial charge in [0, 0.05) is 0 Å². The van der Waals surface area contributed by atoms with Crippen molar-refractivity contribution < 1.29 is 21.9 Å². The number of halogens is 2. The Labute approximate surface area is 71.3 Å². The summed E-state index contributed by atoms with van der Waals surface area (Å²) < 4.78 is 0. The van der Waals surface area contributed by atoms with Gasteiger partial charge < -0.3 is 21.9 Å². The van der Waals surface area contributed by atoms with Crippen LogP contribution in [0.4, 0.5) is 0 Å². The van der Waals surface area contributed by atoms with E-state index in [0.29, 0.717) is 0 Å². The van der Waals surface area contributed by atoms with Crippen molar-refractivity contribution in [1.82, 2.24) is 0 Å². The Morgan fingerprint density at radius 1 is 0.714 bits per heavy atom. The van der Waals surface area contributed by atoms with Gasteiger partial charge in [0.25, 0.3) is 0 Å². The fourth-order valence-corrected chi connectivity index (χ4v) is 0. The molecule has 4 nitrogen and oxygen atoms in total.